The molecule has 0 aliphatic rings. The Morgan fingerprint density at radius 2 is 2.36 bits per heavy atom. The Labute approximate surface area is 63.9 Å². The van der Waals surface area contributed by atoms with Gasteiger partial charge in [-0.3, -0.25) is 0 Å². The molecule has 2 aromatic heterocycles. The van der Waals surface area contributed by atoms with Gasteiger partial charge in [-0.2, -0.15) is 0 Å². The molecule has 0 aliphatic heterocycles. The summed E-state index contributed by atoms with van der Waals surface area (Å²) >= 11 is 0. The zero-order valence-electron chi connectivity index (χ0n) is 6.20. The van der Waals surface area contributed by atoms with Crippen molar-refractivity contribution in [1.82, 2.24) is 4.98 Å². The Bertz CT molecular complexity index is 392. The van der Waals surface area contributed by atoms with Gasteiger partial charge in [-0.25, -0.2) is 4.98 Å². The van der Waals surface area contributed by atoms with Crippen LogP contribution in [0.4, 0.5) is 0 Å². The standard InChI is InChI=1S/C8H8N2O/c1-6-5-7-3-2-4-10(11)8(7)9-6/h2-5,11H,1H3/p+1. The maximum atomic E-state index is 9.27. The fourth-order valence-electron chi connectivity index (χ4n) is 1.22. The number of H-pyrrole nitrogens is 1. The second-order valence-electron chi connectivity index (χ2n) is 2.61. The van der Waals surface area contributed by atoms with Crippen molar-refractivity contribution >= 4 is 11.0 Å². The molecule has 2 rings (SSSR count). The number of rotatable bonds is 0. The van der Waals surface area contributed by atoms with Crippen LogP contribution in [0, 0.1) is 6.92 Å². The summed E-state index contributed by atoms with van der Waals surface area (Å²) in [6, 6.07) is 5.74. The van der Waals surface area contributed by atoms with Gasteiger partial charge < -0.3 is 5.21 Å². The van der Waals surface area contributed by atoms with Crippen LogP contribution >= 0.6 is 0 Å². The smallest absolute Gasteiger partial charge is 0.325 e. The highest BCUT2D eigenvalue weighted by atomic mass is 16.5. The van der Waals surface area contributed by atoms with Crippen molar-refractivity contribution in [3.8, 4) is 0 Å². The molecule has 0 bridgehead atoms. The Morgan fingerprint density at radius 1 is 1.55 bits per heavy atom. The monoisotopic (exact) mass is 149 g/mol. The number of fused-ring (bicyclic) bond motifs is 1. The van der Waals surface area contributed by atoms with Crippen LogP contribution in [0.25, 0.3) is 11.0 Å². The van der Waals surface area contributed by atoms with E-state index >= 15 is 0 Å². The van der Waals surface area contributed by atoms with Crippen LogP contribution in [-0.2, 0) is 0 Å². The van der Waals surface area contributed by atoms with Gasteiger partial charge in [-0.1, -0.05) is 4.73 Å². The van der Waals surface area contributed by atoms with E-state index in [9.17, 15) is 5.21 Å². The van der Waals surface area contributed by atoms with Gasteiger partial charge >= 0.3 is 5.65 Å². The molecule has 0 unspecified atom stereocenters. The molecule has 2 heterocycles. The van der Waals surface area contributed by atoms with Crippen molar-refractivity contribution in [2.45, 2.75) is 6.92 Å². The first-order valence-corrected chi connectivity index (χ1v) is 3.46. The Hall–Kier alpha value is -1.51. The number of hydrogen-bond donors (Lipinski definition) is 2. The van der Waals surface area contributed by atoms with E-state index in [2.05, 4.69) is 4.98 Å². The normalized spacial score (nSPS) is 10.6. The summed E-state index contributed by atoms with van der Waals surface area (Å²) < 4.78 is 1.09. The minimum atomic E-state index is 0.741. The van der Waals surface area contributed by atoms with Crippen molar-refractivity contribution < 1.29 is 9.94 Å². The maximum absolute atomic E-state index is 9.27. The fourth-order valence-corrected chi connectivity index (χ4v) is 1.22. The van der Waals surface area contributed by atoms with E-state index in [0.29, 0.717) is 0 Å². The summed E-state index contributed by atoms with van der Waals surface area (Å²) in [5, 5.41) is 10.3. The maximum Gasteiger partial charge on any atom is 0.325 e. The molecular weight excluding hydrogens is 140 g/mol. The SMILES string of the molecule is Cc1cc2ccc[n+](O)c2[nH]1. The molecule has 3 nitrogen and oxygen atoms in total. The van der Waals surface area contributed by atoms with Crippen LogP contribution in [0.5, 0.6) is 0 Å². The first kappa shape index (κ1) is 6.22. The highest BCUT2D eigenvalue weighted by Crippen LogP contribution is 2.08. The highest BCUT2D eigenvalue weighted by Gasteiger charge is 2.07. The Morgan fingerprint density at radius 3 is 3.09 bits per heavy atom. The number of pyridine rings is 1. The van der Waals surface area contributed by atoms with Crippen molar-refractivity contribution in [3.05, 3.63) is 30.1 Å². The summed E-state index contributed by atoms with van der Waals surface area (Å²) in [4.78, 5) is 3.04. The highest BCUT2D eigenvalue weighted by molar-refractivity contribution is 5.73. The first-order chi connectivity index (χ1) is 5.27. The lowest BCUT2D eigenvalue weighted by Crippen LogP contribution is -2.29. The van der Waals surface area contributed by atoms with Gasteiger partial charge in [0.25, 0.3) is 0 Å². The molecular formula is C8H9N2O+. The van der Waals surface area contributed by atoms with Crippen LogP contribution in [0.1, 0.15) is 5.69 Å². The summed E-state index contributed by atoms with van der Waals surface area (Å²) in [5.74, 6) is 0. The largest absolute Gasteiger partial charge is 0.350 e. The predicted molar refractivity (Wildman–Crippen MR) is 40.4 cm³/mol. The second kappa shape index (κ2) is 1.99. The van der Waals surface area contributed by atoms with E-state index in [1.54, 1.807) is 12.3 Å². The Kier molecular flexibility index (Phi) is 1.12. The molecule has 0 radical (unpaired) electrons. The van der Waals surface area contributed by atoms with Gasteiger partial charge in [-0.05, 0) is 25.1 Å². The number of aromatic nitrogens is 2. The van der Waals surface area contributed by atoms with E-state index in [1.165, 1.54) is 0 Å². The van der Waals surface area contributed by atoms with Crippen molar-refractivity contribution in [2.24, 2.45) is 0 Å². The summed E-state index contributed by atoms with van der Waals surface area (Å²) in [7, 11) is 0. The summed E-state index contributed by atoms with van der Waals surface area (Å²) in [5.41, 5.74) is 1.79. The molecule has 0 saturated carbocycles. The van der Waals surface area contributed by atoms with Crippen molar-refractivity contribution in [2.75, 3.05) is 0 Å². The lowest BCUT2D eigenvalue weighted by atomic mass is 10.3. The summed E-state index contributed by atoms with van der Waals surface area (Å²) in [6.45, 7) is 1.96. The average molecular weight is 149 g/mol. The van der Waals surface area contributed by atoms with E-state index in [4.69, 9.17) is 0 Å². The quantitative estimate of drug-likeness (QED) is 0.425. The van der Waals surface area contributed by atoms with E-state index in [-0.39, 0.29) is 0 Å². The van der Waals surface area contributed by atoms with Gasteiger partial charge in [0.15, 0.2) is 0 Å². The van der Waals surface area contributed by atoms with Gasteiger partial charge in [0.05, 0.1) is 11.1 Å². The minimum Gasteiger partial charge on any atom is -0.350 e. The van der Waals surface area contributed by atoms with Crippen molar-refractivity contribution in [1.29, 1.82) is 0 Å². The van der Waals surface area contributed by atoms with Gasteiger partial charge in [0.1, 0.15) is 6.20 Å². The number of aromatic amines is 1. The van der Waals surface area contributed by atoms with E-state index in [0.717, 1.165) is 21.5 Å². The van der Waals surface area contributed by atoms with Crippen LogP contribution in [0.15, 0.2) is 24.4 Å². The van der Waals surface area contributed by atoms with E-state index in [1.807, 2.05) is 19.1 Å². The first-order valence-electron chi connectivity index (χ1n) is 3.46. The van der Waals surface area contributed by atoms with Crippen LogP contribution < -0.4 is 4.73 Å². The molecule has 0 atom stereocenters. The third kappa shape index (κ3) is 0.852. The number of hydrogen-bond acceptors (Lipinski definition) is 1. The topological polar surface area (TPSA) is 39.9 Å². The zero-order chi connectivity index (χ0) is 7.84. The summed E-state index contributed by atoms with van der Waals surface area (Å²) in [6.07, 6.45) is 1.60. The number of nitrogens with one attached hydrogen (secondary N) is 1. The third-order valence-corrected chi connectivity index (χ3v) is 1.69. The molecule has 3 heteroatoms. The number of nitrogens with zero attached hydrogens (tertiary/aromatic N) is 1. The molecule has 2 N–H and O–H groups in total. The molecule has 0 saturated heterocycles. The van der Waals surface area contributed by atoms with E-state index < -0.39 is 0 Å². The molecule has 11 heavy (non-hydrogen) atoms. The van der Waals surface area contributed by atoms with Crippen LogP contribution in [0.2, 0.25) is 0 Å². The molecule has 0 fully saturated rings. The predicted octanol–water partition coefficient (Wildman–Crippen LogP) is 1.00. The van der Waals surface area contributed by atoms with Gasteiger partial charge in [-0.15, -0.1) is 0 Å². The van der Waals surface area contributed by atoms with Crippen molar-refractivity contribution in [3.63, 3.8) is 0 Å². The molecule has 2 aromatic rings. The van der Waals surface area contributed by atoms with Crippen LogP contribution in [-0.4, -0.2) is 10.2 Å². The molecule has 0 aromatic carbocycles. The fraction of sp³-hybridized carbons (Fsp3) is 0.125. The lowest BCUT2D eigenvalue weighted by molar-refractivity contribution is -0.885. The third-order valence-electron chi connectivity index (χ3n) is 1.69. The minimum absolute atomic E-state index is 0.741. The van der Waals surface area contributed by atoms with Crippen LogP contribution in [0.3, 0.4) is 0 Å². The Balaban J connectivity index is 2.90. The second-order valence-corrected chi connectivity index (χ2v) is 2.61. The lowest BCUT2D eigenvalue weighted by Gasteiger charge is -1.86. The molecule has 0 spiro atoms. The van der Waals surface area contributed by atoms with Gasteiger partial charge in [0.2, 0.25) is 0 Å². The number of aryl methyl sites for hydroxylation is 1. The molecule has 56 valence electrons. The average Bonchev–Trinajstić information content (AvgIpc) is 2.31. The molecule has 0 aliphatic carbocycles. The van der Waals surface area contributed by atoms with Gasteiger partial charge in [0, 0.05) is 0 Å². The molecule has 0 amide bonds. The zero-order valence-corrected chi connectivity index (χ0v) is 6.20.